The Kier molecular flexibility index (Phi) is 3.47. The standard InChI is InChI=1S/C20H13IO/c21-16-12-10-15(11-13-16)20-18-9-5-4-8-17(18)19(22-20)14-6-2-1-3-7-14/h1-13H. The zero-order valence-electron chi connectivity index (χ0n) is 11.8. The van der Waals surface area contributed by atoms with E-state index in [-0.39, 0.29) is 0 Å². The normalized spacial score (nSPS) is 11.0. The van der Waals surface area contributed by atoms with Gasteiger partial charge in [-0.05, 0) is 34.7 Å². The molecule has 4 aromatic rings. The largest absolute Gasteiger partial charge is 0.455 e. The fourth-order valence-electron chi connectivity index (χ4n) is 2.71. The molecule has 0 amide bonds. The van der Waals surface area contributed by atoms with Crippen LogP contribution in [0.1, 0.15) is 0 Å². The van der Waals surface area contributed by atoms with Crippen molar-refractivity contribution in [3.8, 4) is 22.6 Å². The maximum atomic E-state index is 6.27. The summed E-state index contributed by atoms with van der Waals surface area (Å²) >= 11 is 2.32. The maximum Gasteiger partial charge on any atom is 0.142 e. The number of hydrogen-bond donors (Lipinski definition) is 0. The Morgan fingerprint density at radius 2 is 1.05 bits per heavy atom. The number of benzene rings is 3. The van der Waals surface area contributed by atoms with Crippen molar-refractivity contribution in [1.29, 1.82) is 0 Å². The molecule has 3 aromatic carbocycles. The monoisotopic (exact) mass is 396 g/mol. The lowest BCUT2D eigenvalue weighted by molar-refractivity contribution is 0.602. The molecule has 0 unspecified atom stereocenters. The molecule has 4 rings (SSSR count). The summed E-state index contributed by atoms with van der Waals surface area (Å²) in [6.45, 7) is 0. The minimum atomic E-state index is 0.935. The van der Waals surface area contributed by atoms with Gasteiger partial charge in [-0.15, -0.1) is 0 Å². The van der Waals surface area contributed by atoms with E-state index in [0.29, 0.717) is 0 Å². The first-order chi connectivity index (χ1) is 10.8. The highest BCUT2D eigenvalue weighted by molar-refractivity contribution is 14.1. The molecule has 1 nitrogen and oxygen atoms in total. The Bertz CT molecular complexity index is 921. The van der Waals surface area contributed by atoms with Crippen LogP contribution >= 0.6 is 22.6 Å². The Labute approximate surface area is 142 Å². The van der Waals surface area contributed by atoms with E-state index in [9.17, 15) is 0 Å². The van der Waals surface area contributed by atoms with Crippen LogP contribution in [0.2, 0.25) is 0 Å². The van der Waals surface area contributed by atoms with Crippen molar-refractivity contribution in [2.45, 2.75) is 0 Å². The topological polar surface area (TPSA) is 13.1 Å². The van der Waals surface area contributed by atoms with Crippen molar-refractivity contribution < 1.29 is 4.42 Å². The van der Waals surface area contributed by atoms with Crippen LogP contribution in [0, 0.1) is 3.57 Å². The quantitative estimate of drug-likeness (QED) is 0.359. The molecule has 0 aliphatic heterocycles. The molecule has 0 bridgehead atoms. The summed E-state index contributed by atoms with van der Waals surface area (Å²) in [6, 6.07) is 27.1. The van der Waals surface area contributed by atoms with Crippen LogP contribution in [0.25, 0.3) is 33.4 Å². The minimum Gasteiger partial charge on any atom is -0.455 e. The fourth-order valence-corrected chi connectivity index (χ4v) is 3.07. The molecule has 106 valence electrons. The van der Waals surface area contributed by atoms with Crippen molar-refractivity contribution in [3.63, 3.8) is 0 Å². The van der Waals surface area contributed by atoms with Crippen LogP contribution in [0.5, 0.6) is 0 Å². The molecule has 0 N–H and O–H groups in total. The molecular formula is C20H13IO. The number of furan rings is 1. The van der Waals surface area contributed by atoms with E-state index in [0.717, 1.165) is 33.4 Å². The molecule has 0 radical (unpaired) electrons. The third-order valence-corrected chi connectivity index (χ3v) is 4.48. The van der Waals surface area contributed by atoms with Gasteiger partial charge in [-0.1, -0.05) is 66.7 Å². The first kappa shape index (κ1) is 13.6. The summed E-state index contributed by atoms with van der Waals surface area (Å²) in [5, 5.41) is 2.31. The molecule has 1 aromatic heterocycles. The summed E-state index contributed by atoms with van der Waals surface area (Å²) in [5.74, 6) is 1.87. The number of halogens is 1. The van der Waals surface area contributed by atoms with Crippen molar-refractivity contribution in [1.82, 2.24) is 0 Å². The van der Waals surface area contributed by atoms with E-state index in [1.54, 1.807) is 0 Å². The summed E-state index contributed by atoms with van der Waals surface area (Å²) < 4.78 is 7.50. The molecule has 0 fully saturated rings. The van der Waals surface area contributed by atoms with Crippen molar-refractivity contribution >= 4 is 33.4 Å². The predicted molar refractivity (Wildman–Crippen MR) is 99.8 cm³/mol. The lowest BCUT2D eigenvalue weighted by Crippen LogP contribution is -1.76. The van der Waals surface area contributed by atoms with Crippen LogP contribution in [0.15, 0.2) is 83.3 Å². The van der Waals surface area contributed by atoms with Gasteiger partial charge >= 0.3 is 0 Å². The highest BCUT2D eigenvalue weighted by atomic mass is 127. The van der Waals surface area contributed by atoms with Crippen LogP contribution in [0.4, 0.5) is 0 Å². The minimum absolute atomic E-state index is 0.935. The van der Waals surface area contributed by atoms with Gasteiger partial charge in [0.25, 0.3) is 0 Å². The molecule has 2 heteroatoms. The third-order valence-electron chi connectivity index (χ3n) is 3.76. The molecule has 0 spiro atoms. The fraction of sp³-hybridized carbons (Fsp3) is 0. The summed E-state index contributed by atoms with van der Waals surface area (Å²) in [5.41, 5.74) is 2.22. The second-order valence-corrected chi connectivity index (χ2v) is 6.42. The van der Waals surface area contributed by atoms with Crippen LogP contribution < -0.4 is 0 Å². The van der Waals surface area contributed by atoms with E-state index < -0.39 is 0 Å². The van der Waals surface area contributed by atoms with Crippen molar-refractivity contribution in [3.05, 3.63) is 82.4 Å². The van der Waals surface area contributed by atoms with Gasteiger partial charge in [0, 0.05) is 25.5 Å². The van der Waals surface area contributed by atoms with Crippen molar-refractivity contribution in [2.24, 2.45) is 0 Å². The zero-order chi connectivity index (χ0) is 14.9. The first-order valence-electron chi connectivity index (χ1n) is 7.16. The van der Waals surface area contributed by atoms with Gasteiger partial charge < -0.3 is 4.42 Å². The number of fused-ring (bicyclic) bond motifs is 1. The smallest absolute Gasteiger partial charge is 0.142 e. The van der Waals surface area contributed by atoms with Gasteiger partial charge in [0.2, 0.25) is 0 Å². The van der Waals surface area contributed by atoms with E-state index >= 15 is 0 Å². The molecule has 0 saturated heterocycles. The summed E-state index contributed by atoms with van der Waals surface area (Å²) in [4.78, 5) is 0. The van der Waals surface area contributed by atoms with Gasteiger partial charge in [-0.25, -0.2) is 0 Å². The second-order valence-electron chi connectivity index (χ2n) is 5.18. The van der Waals surface area contributed by atoms with E-state index in [4.69, 9.17) is 4.42 Å². The Hall–Kier alpha value is -2.07. The SMILES string of the molecule is Ic1ccc(-c2oc(-c3ccccc3)c3ccccc23)cc1. The van der Waals surface area contributed by atoms with Crippen molar-refractivity contribution in [2.75, 3.05) is 0 Å². The summed E-state index contributed by atoms with van der Waals surface area (Å²) in [7, 11) is 0. The molecule has 0 atom stereocenters. The Balaban J connectivity index is 1.99. The molecule has 0 aliphatic carbocycles. The van der Waals surface area contributed by atoms with E-state index in [1.165, 1.54) is 3.57 Å². The van der Waals surface area contributed by atoms with Crippen LogP contribution in [-0.2, 0) is 0 Å². The van der Waals surface area contributed by atoms with Gasteiger partial charge in [0.15, 0.2) is 0 Å². The van der Waals surface area contributed by atoms with Gasteiger partial charge in [-0.2, -0.15) is 0 Å². The molecule has 0 aliphatic rings. The average molecular weight is 396 g/mol. The average Bonchev–Trinajstić information content (AvgIpc) is 2.96. The molecule has 0 saturated carbocycles. The Morgan fingerprint density at radius 1 is 0.545 bits per heavy atom. The van der Waals surface area contributed by atoms with Crippen LogP contribution in [0.3, 0.4) is 0 Å². The van der Waals surface area contributed by atoms with E-state index in [2.05, 4.69) is 83.3 Å². The predicted octanol–water partition coefficient (Wildman–Crippen LogP) is 6.37. The number of hydrogen-bond acceptors (Lipinski definition) is 1. The Morgan fingerprint density at radius 3 is 1.64 bits per heavy atom. The lowest BCUT2D eigenvalue weighted by Gasteiger charge is -1.99. The summed E-state index contributed by atoms with van der Waals surface area (Å²) in [6.07, 6.45) is 0. The van der Waals surface area contributed by atoms with Gasteiger partial charge in [0.05, 0.1) is 0 Å². The highest BCUT2D eigenvalue weighted by Crippen LogP contribution is 2.38. The first-order valence-corrected chi connectivity index (χ1v) is 8.24. The number of rotatable bonds is 2. The second kappa shape index (κ2) is 5.61. The molecular weight excluding hydrogens is 383 g/mol. The van der Waals surface area contributed by atoms with Crippen LogP contribution in [-0.4, -0.2) is 0 Å². The molecule has 1 heterocycles. The molecule has 22 heavy (non-hydrogen) atoms. The lowest BCUT2D eigenvalue weighted by atomic mass is 10.0. The van der Waals surface area contributed by atoms with E-state index in [1.807, 2.05) is 18.2 Å². The van der Waals surface area contributed by atoms with Gasteiger partial charge in [0.1, 0.15) is 11.5 Å². The van der Waals surface area contributed by atoms with Gasteiger partial charge in [-0.3, -0.25) is 0 Å². The maximum absolute atomic E-state index is 6.27. The highest BCUT2D eigenvalue weighted by Gasteiger charge is 2.15. The third kappa shape index (κ3) is 2.33. The zero-order valence-corrected chi connectivity index (χ0v) is 13.9.